The van der Waals surface area contributed by atoms with Crippen molar-refractivity contribution < 1.29 is 0 Å². The van der Waals surface area contributed by atoms with Crippen molar-refractivity contribution in [1.29, 1.82) is 5.26 Å². The highest BCUT2D eigenvalue weighted by molar-refractivity contribution is 7.98. The zero-order chi connectivity index (χ0) is 19.5. The summed E-state index contributed by atoms with van der Waals surface area (Å²) in [4.78, 5) is 6.95. The van der Waals surface area contributed by atoms with Crippen molar-refractivity contribution in [3.05, 3.63) is 80.5 Å². The number of thioether (sulfide) groups is 1. The average Bonchev–Trinajstić information content (AvgIpc) is 3.42. The number of nitriles is 1. The lowest BCUT2D eigenvalue weighted by Gasteiger charge is -2.11. The molecule has 0 aliphatic carbocycles. The fraction of sp³-hybridized carbons (Fsp3) is 0.0476. The molecule has 0 saturated heterocycles. The second-order valence-electron chi connectivity index (χ2n) is 5.84. The minimum Gasteiger partial charge on any atom is -0.239 e. The van der Waals surface area contributed by atoms with E-state index in [4.69, 9.17) is 28.2 Å². The molecule has 0 saturated carbocycles. The Balaban J connectivity index is 1.76. The smallest absolute Gasteiger partial charge is 0.116 e. The average molecular weight is 459 g/mol. The summed E-state index contributed by atoms with van der Waals surface area (Å²) in [6, 6.07) is 18.0. The van der Waals surface area contributed by atoms with E-state index < -0.39 is 0 Å². The van der Waals surface area contributed by atoms with E-state index in [2.05, 4.69) is 6.07 Å². The summed E-state index contributed by atoms with van der Waals surface area (Å²) in [5.41, 5.74) is 3.44. The molecule has 7 heteroatoms. The van der Waals surface area contributed by atoms with E-state index in [-0.39, 0.29) is 0 Å². The highest BCUT2D eigenvalue weighted by Crippen LogP contribution is 2.38. The Kier molecular flexibility index (Phi) is 6.05. The van der Waals surface area contributed by atoms with Crippen LogP contribution < -0.4 is 0 Å². The van der Waals surface area contributed by atoms with Crippen LogP contribution in [0.5, 0.6) is 0 Å². The van der Waals surface area contributed by atoms with Crippen molar-refractivity contribution in [2.75, 3.05) is 0 Å². The molecule has 1 aromatic carbocycles. The lowest BCUT2D eigenvalue weighted by Crippen LogP contribution is -1.95. The van der Waals surface area contributed by atoms with Gasteiger partial charge in [0.05, 0.1) is 26.2 Å². The number of hydrogen-bond donors (Lipinski definition) is 0. The molecule has 2 nitrogen and oxygen atoms in total. The summed E-state index contributed by atoms with van der Waals surface area (Å²) in [7, 11) is 0. The SMILES string of the molecule is N#Cc1c(-c2cccs2)cc(-c2cccs2)nc1SCc1ccc(Cl)c(Cl)c1. The van der Waals surface area contributed by atoms with Crippen LogP contribution in [0.1, 0.15) is 11.1 Å². The lowest BCUT2D eigenvalue weighted by atomic mass is 10.1. The van der Waals surface area contributed by atoms with E-state index in [1.54, 1.807) is 28.7 Å². The van der Waals surface area contributed by atoms with Crippen LogP contribution in [-0.2, 0) is 5.75 Å². The molecule has 3 aromatic heterocycles. The zero-order valence-corrected chi connectivity index (χ0v) is 18.3. The molecule has 0 N–H and O–H groups in total. The van der Waals surface area contributed by atoms with Crippen LogP contribution in [0, 0.1) is 11.3 Å². The van der Waals surface area contributed by atoms with Crippen molar-refractivity contribution >= 4 is 57.6 Å². The first-order valence-electron chi connectivity index (χ1n) is 8.25. The van der Waals surface area contributed by atoms with Gasteiger partial charge in [0, 0.05) is 16.2 Å². The first-order chi connectivity index (χ1) is 13.7. The highest BCUT2D eigenvalue weighted by atomic mass is 35.5. The van der Waals surface area contributed by atoms with E-state index in [1.807, 2.05) is 53.2 Å². The standard InChI is InChI=1S/C21H12Cl2N2S3/c22-16-6-5-13(9-17(16)23)12-28-21-15(11-24)14(19-3-1-7-26-19)10-18(25-21)20-4-2-8-27-20/h1-10H,12H2. The summed E-state index contributed by atoms with van der Waals surface area (Å²) < 4.78 is 0. The molecule has 138 valence electrons. The van der Waals surface area contributed by atoms with Crippen molar-refractivity contribution in [2.45, 2.75) is 10.8 Å². The number of pyridine rings is 1. The van der Waals surface area contributed by atoms with E-state index in [9.17, 15) is 5.26 Å². The van der Waals surface area contributed by atoms with Crippen LogP contribution in [0.25, 0.3) is 21.0 Å². The van der Waals surface area contributed by atoms with E-state index in [0.29, 0.717) is 21.4 Å². The molecule has 0 aliphatic rings. The Morgan fingerprint density at radius 2 is 1.71 bits per heavy atom. The van der Waals surface area contributed by atoms with Gasteiger partial charge in [-0.05, 0) is 46.7 Å². The number of halogens is 2. The van der Waals surface area contributed by atoms with Gasteiger partial charge in [-0.25, -0.2) is 4.98 Å². The van der Waals surface area contributed by atoms with Gasteiger partial charge in [-0.3, -0.25) is 0 Å². The molecule has 4 rings (SSSR count). The van der Waals surface area contributed by atoms with Crippen LogP contribution in [0.3, 0.4) is 0 Å². The summed E-state index contributed by atoms with van der Waals surface area (Å²) in [6.07, 6.45) is 0. The quantitative estimate of drug-likeness (QED) is 0.284. The van der Waals surface area contributed by atoms with Gasteiger partial charge in [0.15, 0.2) is 0 Å². The molecule has 0 aliphatic heterocycles. The predicted octanol–water partition coefficient (Wildman–Crippen LogP) is 8.01. The number of aromatic nitrogens is 1. The van der Waals surface area contributed by atoms with Crippen LogP contribution in [0.15, 0.2) is 64.3 Å². The van der Waals surface area contributed by atoms with Gasteiger partial charge in [-0.2, -0.15) is 5.26 Å². The van der Waals surface area contributed by atoms with Gasteiger partial charge >= 0.3 is 0 Å². The molecule has 0 fully saturated rings. The molecule has 0 unspecified atom stereocenters. The van der Waals surface area contributed by atoms with Crippen LogP contribution in [-0.4, -0.2) is 4.98 Å². The molecular weight excluding hydrogens is 447 g/mol. The van der Waals surface area contributed by atoms with E-state index >= 15 is 0 Å². The minimum absolute atomic E-state index is 0.528. The predicted molar refractivity (Wildman–Crippen MR) is 122 cm³/mol. The van der Waals surface area contributed by atoms with Gasteiger partial charge in [-0.1, -0.05) is 41.4 Å². The summed E-state index contributed by atoms with van der Waals surface area (Å²) in [5.74, 6) is 0.649. The first kappa shape index (κ1) is 19.5. The highest BCUT2D eigenvalue weighted by Gasteiger charge is 2.17. The zero-order valence-electron chi connectivity index (χ0n) is 14.4. The molecule has 0 atom stereocenters. The van der Waals surface area contributed by atoms with Crippen LogP contribution in [0.4, 0.5) is 0 Å². The molecule has 0 radical (unpaired) electrons. The van der Waals surface area contributed by atoms with Gasteiger partial charge in [0.2, 0.25) is 0 Å². The third-order valence-electron chi connectivity index (χ3n) is 4.02. The molecule has 0 bridgehead atoms. The van der Waals surface area contributed by atoms with Gasteiger partial charge < -0.3 is 0 Å². The Labute approximate surface area is 185 Å². The number of hydrogen-bond acceptors (Lipinski definition) is 5. The fourth-order valence-electron chi connectivity index (χ4n) is 2.69. The van der Waals surface area contributed by atoms with Crippen molar-refractivity contribution in [3.8, 4) is 27.1 Å². The van der Waals surface area contributed by atoms with Crippen molar-refractivity contribution in [3.63, 3.8) is 0 Å². The Morgan fingerprint density at radius 1 is 0.964 bits per heavy atom. The largest absolute Gasteiger partial charge is 0.239 e. The molecule has 0 amide bonds. The van der Waals surface area contributed by atoms with Crippen molar-refractivity contribution in [1.82, 2.24) is 4.98 Å². The van der Waals surface area contributed by atoms with Crippen LogP contribution in [0.2, 0.25) is 10.0 Å². The normalized spacial score (nSPS) is 10.8. The maximum Gasteiger partial charge on any atom is 0.116 e. The molecular formula is C21H12Cl2N2S3. The van der Waals surface area contributed by atoms with Gasteiger partial charge in [-0.15, -0.1) is 34.4 Å². The Hall–Kier alpha value is -1.81. The third-order valence-corrected chi connectivity index (χ3v) is 7.60. The van der Waals surface area contributed by atoms with E-state index in [0.717, 1.165) is 31.6 Å². The Bertz CT molecular complexity index is 1150. The second kappa shape index (κ2) is 8.69. The number of thiophene rings is 2. The molecule has 3 heterocycles. The van der Waals surface area contributed by atoms with Gasteiger partial charge in [0.1, 0.15) is 11.1 Å². The lowest BCUT2D eigenvalue weighted by molar-refractivity contribution is 1.12. The third kappa shape index (κ3) is 4.12. The number of benzene rings is 1. The van der Waals surface area contributed by atoms with Crippen LogP contribution >= 0.6 is 57.6 Å². The monoisotopic (exact) mass is 458 g/mol. The minimum atomic E-state index is 0.528. The fourth-order valence-corrected chi connectivity index (χ4v) is 5.39. The first-order valence-corrected chi connectivity index (χ1v) is 11.8. The molecule has 0 spiro atoms. The number of rotatable bonds is 5. The second-order valence-corrected chi connectivity index (χ2v) is 9.51. The molecule has 28 heavy (non-hydrogen) atoms. The summed E-state index contributed by atoms with van der Waals surface area (Å²) >= 11 is 16.9. The maximum atomic E-state index is 9.86. The summed E-state index contributed by atoms with van der Waals surface area (Å²) in [6.45, 7) is 0. The maximum absolute atomic E-state index is 9.86. The van der Waals surface area contributed by atoms with E-state index in [1.165, 1.54) is 11.8 Å². The topological polar surface area (TPSA) is 36.7 Å². The molecule has 4 aromatic rings. The van der Waals surface area contributed by atoms with Crippen molar-refractivity contribution in [2.24, 2.45) is 0 Å². The Morgan fingerprint density at radius 3 is 2.36 bits per heavy atom. The summed E-state index contributed by atoms with van der Waals surface area (Å²) in [5, 5.41) is 15.7. The number of nitrogens with zero attached hydrogens (tertiary/aromatic N) is 2. The van der Waals surface area contributed by atoms with Gasteiger partial charge in [0.25, 0.3) is 0 Å².